The Kier molecular flexibility index (Phi) is 1.71. The van der Waals surface area contributed by atoms with Crippen LogP contribution in [-0.2, 0) is 10.0 Å². The topological polar surface area (TPSA) is 72.2 Å². The van der Waals surface area contributed by atoms with Crippen molar-refractivity contribution >= 4 is 43.8 Å². The lowest BCUT2D eigenvalue weighted by Gasteiger charge is -2.04. The van der Waals surface area contributed by atoms with Crippen LogP contribution in [0.5, 0.6) is 0 Å². The van der Waals surface area contributed by atoms with Crippen molar-refractivity contribution in [3.8, 4) is 0 Å². The van der Waals surface area contributed by atoms with Gasteiger partial charge < -0.3 is 5.73 Å². The number of benzene rings is 2. The van der Waals surface area contributed by atoms with E-state index in [0.29, 0.717) is 21.5 Å². The monoisotopic (exact) mass is 254 g/mol. The summed E-state index contributed by atoms with van der Waals surface area (Å²) in [5.74, 6) is 0. The Morgan fingerprint density at radius 2 is 2.06 bits per heavy atom. The highest BCUT2D eigenvalue weighted by atomic mass is 35.5. The van der Waals surface area contributed by atoms with Gasteiger partial charge in [-0.1, -0.05) is 23.7 Å². The lowest BCUT2D eigenvalue weighted by Crippen LogP contribution is -2.08. The molecule has 0 aliphatic carbocycles. The Morgan fingerprint density at radius 3 is 2.81 bits per heavy atom. The number of hydrogen-bond donors (Lipinski definition) is 2. The smallest absolute Gasteiger partial charge is 0.264 e. The number of anilines is 2. The molecule has 0 fully saturated rings. The first-order chi connectivity index (χ1) is 7.50. The maximum Gasteiger partial charge on any atom is 0.264 e. The number of rotatable bonds is 0. The first kappa shape index (κ1) is 9.74. The predicted molar refractivity (Wildman–Crippen MR) is 64.2 cm³/mol. The van der Waals surface area contributed by atoms with E-state index >= 15 is 0 Å². The third-order valence-electron chi connectivity index (χ3n) is 2.61. The zero-order valence-corrected chi connectivity index (χ0v) is 9.56. The van der Waals surface area contributed by atoms with Crippen molar-refractivity contribution in [3.05, 3.63) is 29.3 Å². The van der Waals surface area contributed by atoms with Gasteiger partial charge in [-0.15, -0.1) is 0 Å². The lowest BCUT2D eigenvalue weighted by atomic mass is 10.1. The number of nitrogens with one attached hydrogen (secondary N) is 1. The lowest BCUT2D eigenvalue weighted by molar-refractivity contribution is 0.603. The Balaban J connectivity index is 2.67. The molecule has 0 bridgehead atoms. The summed E-state index contributed by atoms with van der Waals surface area (Å²) < 4.78 is 26.1. The minimum atomic E-state index is -3.54. The first-order valence-electron chi connectivity index (χ1n) is 4.54. The van der Waals surface area contributed by atoms with Crippen LogP contribution in [0.2, 0.25) is 5.02 Å². The Labute approximate surface area is 97.1 Å². The van der Waals surface area contributed by atoms with Crippen LogP contribution in [0, 0.1) is 0 Å². The van der Waals surface area contributed by atoms with Crippen molar-refractivity contribution < 1.29 is 8.42 Å². The predicted octanol–water partition coefficient (Wildman–Crippen LogP) is 2.19. The van der Waals surface area contributed by atoms with Gasteiger partial charge in [0.15, 0.2) is 0 Å². The molecule has 0 radical (unpaired) electrons. The molecule has 82 valence electrons. The van der Waals surface area contributed by atoms with E-state index in [1.807, 2.05) is 0 Å². The van der Waals surface area contributed by atoms with E-state index < -0.39 is 10.0 Å². The summed E-state index contributed by atoms with van der Waals surface area (Å²) in [6.45, 7) is 0. The van der Waals surface area contributed by atoms with E-state index in [2.05, 4.69) is 4.72 Å². The number of nitrogen functional groups attached to an aromatic ring is 1. The van der Waals surface area contributed by atoms with Gasteiger partial charge in [-0.3, -0.25) is 4.72 Å². The average Bonchev–Trinajstić information content (AvgIpc) is 2.45. The summed E-state index contributed by atoms with van der Waals surface area (Å²) in [5.41, 5.74) is 6.41. The molecule has 2 aromatic carbocycles. The normalized spacial score (nSPS) is 16.3. The van der Waals surface area contributed by atoms with Crippen LogP contribution in [0.15, 0.2) is 29.2 Å². The standard InChI is InChI=1S/C10H7ClN2O2S/c11-6-4-7(12)10-9-5(6)2-1-3-8(9)13-16(10,14)15/h1-4,13H,12H2. The molecule has 16 heavy (non-hydrogen) atoms. The number of sulfonamides is 1. The van der Waals surface area contributed by atoms with E-state index in [1.54, 1.807) is 18.2 Å². The van der Waals surface area contributed by atoms with E-state index in [0.717, 1.165) is 0 Å². The van der Waals surface area contributed by atoms with Gasteiger partial charge in [-0.2, -0.15) is 0 Å². The van der Waals surface area contributed by atoms with Gasteiger partial charge in [-0.25, -0.2) is 8.42 Å². The molecule has 1 aliphatic heterocycles. The molecule has 2 aromatic rings. The quantitative estimate of drug-likeness (QED) is 0.708. The van der Waals surface area contributed by atoms with Gasteiger partial charge >= 0.3 is 0 Å². The molecular formula is C10H7ClN2O2S. The average molecular weight is 255 g/mol. The molecule has 1 aliphatic rings. The zero-order chi connectivity index (χ0) is 11.5. The molecule has 0 aromatic heterocycles. The molecule has 6 heteroatoms. The van der Waals surface area contributed by atoms with Gasteiger partial charge in [0, 0.05) is 10.8 Å². The van der Waals surface area contributed by atoms with Crippen LogP contribution in [0.4, 0.5) is 11.4 Å². The van der Waals surface area contributed by atoms with Crippen molar-refractivity contribution in [1.82, 2.24) is 0 Å². The third kappa shape index (κ3) is 1.07. The summed E-state index contributed by atoms with van der Waals surface area (Å²) >= 11 is 6.02. The van der Waals surface area contributed by atoms with Crippen molar-refractivity contribution in [2.45, 2.75) is 4.90 Å². The molecule has 0 atom stereocenters. The second-order valence-electron chi connectivity index (χ2n) is 3.61. The minimum absolute atomic E-state index is 0.127. The molecular weight excluding hydrogens is 248 g/mol. The van der Waals surface area contributed by atoms with Crippen LogP contribution < -0.4 is 10.5 Å². The molecule has 0 saturated heterocycles. The molecule has 0 unspecified atom stereocenters. The van der Waals surface area contributed by atoms with Crippen molar-refractivity contribution in [3.63, 3.8) is 0 Å². The summed E-state index contributed by atoms with van der Waals surface area (Å²) in [6, 6.07) is 6.67. The van der Waals surface area contributed by atoms with Gasteiger partial charge in [0.1, 0.15) is 4.90 Å². The minimum Gasteiger partial charge on any atom is -0.398 e. The molecule has 0 saturated carbocycles. The van der Waals surface area contributed by atoms with Crippen LogP contribution in [0.3, 0.4) is 0 Å². The molecule has 1 heterocycles. The largest absolute Gasteiger partial charge is 0.398 e. The number of hydrogen-bond acceptors (Lipinski definition) is 3. The highest BCUT2D eigenvalue weighted by Crippen LogP contribution is 2.43. The first-order valence-corrected chi connectivity index (χ1v) is 6.40. The van der Waals surface area contributed by atoms with Gasteiger partial charge in [0.05, 0.1) is 16.4 Å². The van der Waals surface area contributed by atoms with Crippen molar-refractivity contribution in [1.29, 1.82) is 0 Å². The SMILES string of the molecule is Nc1cc(Cl)c2cccc3c2c1S(=O)(=O)N3. The summed E-state index contributed by atoms with van der Waals surface area (Å²) in [7, 11) is -3.54. The Bertz CT molecular complexity index is 725. The highest BCUT2D eigenvalue weighted by Gasteiger charge is 2.30. The van der Waals surface area contributed by atoms with Crippen molar-refractivity contribution in [2.24, 2.45) is 0 Å². The highest BCUT2D eigenvalue weighted by molar-refractivity contribution is 7.93. The number of halogens is 1. The van der Waals surface area contributed by atoms with E-state index in [9.17, 15) is 8.42 Å². The summed E-state index contributed by atoms with van der Waals surface area (Å²) in [6.07, 6.45) is 0. The van der Waals surface area contributed by atoms with E-state index in [-0.39, 0.29) is 10.6 Å². The Hall–Kier alpha value is -1.46. The van der Waals surface area contributed by atoms with Crippen LogP contribution >= 0.6 is 11.6 Å². The molecule has 3 rings (SSSR count). The summed E-state index contributed by atoms with van der Waals surface area (Å²) in [4.78, 5) is 0.127. The summed E-state index contributed by atoms with van der Waals surface area (Å²) in [5, 5.41) is 1.72. The fourth-order valence-electron chi connectivity index (χ4n) is 1.99. The molecule has 3 N–H and O–H groups in total. The second kappa shape index (κ2) is 2.81. The molecule has 0 spiro atoms. The van der Waals surface area contributed by atoms with Crippen LogP contribution in [0.1, 0.15) is 0 Å². The molecule has 0 amide bonds. The fourth-order valence-corrected chi connectivity index (χ4v) is 3.69. The second-order valence-corrected chi connectivity index (χ2v) is 5.64. The van der Waals surface area contributed by atoms with E-state index in [1.165, 1.54) is 6.07 Å². The van der Waals surface area contributed by atoms with Crippen LogP contribution in [-0.4, -0.2) is 8.42 Å². The third-order valence-corrected chi connectivity index (χ3v) is 4.38. The number of nitrogens with two attached hydrogens (primary N) is 1. The Morgan fingerprint density at radius 1 is 1.31 bits per heavy atom. The van der Waals surface area contributed by atoms with Gasteiger partial charge in [0.2, 0.25) is 0 Å². The molecule has 4 nitrogen and oxygen atoms in total. The van der Waals surface area contributed by atoms with Crippen LogP contribution in [0.25, 0.3) is 10.8 Å². The van der Waals surface area contributed by atoms with Gasteiger partial charge in [-0.05, 0) is 12.1 Å². The van der Waals surface area contributed by atoms with Gasteiger partial charge in [0.25, 0.3) is 10.0 Å². The van der Waals surface area contributed by atoms with E-state index in [4.69, 9.17) is 17.3 Å². The zero-order valence-electron chi connectivity index (χ0n) is 7.99. The maximum atomic E-state index is 11.8. The maximum absolute atomic E-state index is 11.8. The van der Waals surface area contributed by atoms with Crippen molar-refractivity contribution in [2.75, 3.05) is 10.5 Å². The fraction of sp³-hybridized carbons (Fsp3) is 0.